The van der Waals surface area contributed by atoms with E-state index in [1.54, 1.807) is 0 Å². The van der Waals surface area contributed by atoms with Crippen LogP contribution in [0.1, 0.15) is 22.3 Å². The second kappa shape index (κ2) is 6.86. The lowest BCUT2D eigenvalue weighted by atomic mass is 9.96. The average Bonchev–Trinajstić information content (AvgIpc) is 3.06. The number of aliphatic hydroxyl groups excluding tert-OH is 1. The van der Waals surface area contributed by atoms with E-state index in [1.807, 2.05) is 54.6 Å². The predicted octanol–water partition coefficient (Wildman–Crippen LogP) is 3.17. The molecule has 4 rings (SSSR count). The van der Waals surface area contributed by atoms with Gasteiger partial charge in [-0.05, 0) is 12.5 Å². The van der Waals surface area contributed by atoms with Crippen LogP contribution < -0.4 is 0 Å². The van der Waals surface area contributed by atoms with Gasteiger partial charge in [-0.1, -0.05) is 48.5 Å². The standard InChI is InChI=1S/C21H20N2O3/c24-15-10-11-23(12-15)13-17-19(21(25)26)16-8-4-5-9-18(16)22-20(17)14-6-2-1-3-7-14/h1-9,15,24H,10-13H2,(H,25,26). The molecule has 0 saturated carbocycles. The largest absolute Gasteiger partial charge is 0.478 e. The van der Waals surface area contributed by atoms with E-state index in [1.165, 1.54) is 0 Å². The molecule has 1 atom stereocenters. The van der Waals surface area contributed by atoms with E-state index in [9.17, 15) is 15.0 Å². The first kappa shape index (κ1) is 16.7. The van der Waals surface area contributed by atoms with Gasteiger partial charge < -0.3 is 10.2 Å². The number of aromatic nitrogens is 1. The first-order valence-corrected chi connectivity index (χ1v) is 8.74. The lowest BCUT2D eigenvalue weighted by Gasteiger charge is -2.20. The molecule has 1 saturated heterocycles. The summed E-state index contributed by atoms with van der Waals surface area (Å²) in [6.07, 6.45) is 0.362. The quantitative estimate of drug-likeness (QED) is 0.758. The van der Waals surface area contributed by atoms with Crippen molar-refractivity contribution in [3.05, 3.63) is 65.7 Å². The first-order chi connectivity index (χ1) is 12.6. The molecular formula is C21H20N2O3. The number of nitrogens with zero attached hydrogens (tertiary/aromatic N) is 2. The molecule has 0 amide bonds. The Morgan fingerprint density at radius 2 is 1.85 bits per heavy atom. The number of para-hydroxylation sites is 1. The van der Waals surface area contributed by atoms with Crippen LogP contribution in [-0.2, 0) is 6.54 Å². The van der Waals surface area contributed by atoms with Crippen molar-refractivity contribution in [2.75, 3.05) is 13.1 Å². The van der Waals surface area contributed by atoms with Crippen molar-refractivity contribution in [2.45, 2.75) is 19.1 Å². The number of hydrogen-bond acceptors (Lipinski definition) is 4. The van der Waals surface area contributed by atoms with Gasteiger partial charge in [-0.15, -0.1) is 0 Å². The van der Waals surface area contributed by atoms with Crippen LogP contribution in [0, 0.1) is 0 Å². The molecule has 5 heteroatoms. The van der Waals surface area contributed by atoms with Crippen molar-refractivity contribution in [3.8, 4) is 11.3 Å². The highest BCUT2D eigenvalue weighted by molar-refractivity contribution is 6.05. The predicted molar refractivity (Wildman–Crippen MR) is 100 cm³/mol. The molecule has 1 unspecified atom stereocenters. The van der Waals surface area contributed by atoms with Crippen molar-refractivity contribution >= 4 is 16.9 Å². The average molecular weight is 348 g/mol. The van der Waals surface area contributed by atoms with Gasteiger partial charge in [0.1, 0.15) is 0 Å². The van der Waals surface area contributed by atoms with E-state index in [0.29, 0.717) is 47.2 Å². The van der Waals surface area contributed by atoms with Gasteiger partial charge in [-0.2, -0.15) is 0 Å². The van der Waals surface area contributed by atoms with Gasteiger partial charge in [-0.3, -0.25) is 4.90 Å². The van der Waals surface area contributed by atoms with Crippen molar-refractivity contribution in [1.82, 2.24) is 9.88 Å². The molecule has 2 N–H and O–H groups in total. The number of hydrogen-bond donors (Lipinski definition) is 2. The van der Waals surface area contributed by atoms with Crippen LogP contribution in [0.25, 0.3) is 22.2 Å². The summed E-state index contributed by atoms with van der Waals surface area (Å²) in [5.41, 5.74) is 3.28. The van der Waals surface area contributed by atoms with Crippen molar-refractivity contribution in [3.63, 3.8) is 0 Å². The molecule has 5 nitrogen and oxygen atoms in total. The number of aromatic carboxylic acids is 1. The molecule has 0 radical (unpaired) electrons. The Morgan fingerprint density at radius 3 is 2.54 bits per heavy atom. The smallest absolute Gasteiger partial charge is 0.336 e. The molecule has 26 heavy (non-hydrogen) atoms. The summed E-state index contributed by atoms with van der Waals surface area (Å²) in [6, 6.07) is 17.0. The Bertz CT molecular complexity index is 956. The summed E-state index contributed by atoms with van der Waals surface area (Å²) in [5, 5.41) is 20.5. The van der Waals surface area contributed by atoms with Gasteiger partial charge in [0.2, 0.25) is 0 Å². The first-order valence-electron chi connectivity index (χ1n) is 8.74. The minimum Gasteiger partial charge on any atom is -0.478 e. The van der Waals surface area contributed by atoms with Crippen molar-refractivity contribution in [2.24, 2.45) is 0 Å². The molecule has 0 spiro atoms. The van der Waals surface area contributed by atoms with Crippen LogP contribution in [0.4, 0.5) is 0 Å². The van der Waals surface area contributed by atoms with Crippen LogP contribution >= 0.6 is 0 Å². The van der Waals surface area contributed by atoms with Crippen molar-refractivity contribution in [1.29, 1.82) is 0 Å². The van der Waals surface area contributed by atoms with Gasteiger partial charge >= 0.3 is 5.97 Å². The molecule has 1 fully saturated rings. The third kappa shape index (κ3) is 3.07. The summed E-state index contributed by atoms with van der Waals surface area (Å²) in [5.74, 6) is -0.949. The number of benzene rings is 2. The highest BCUT2D eigenvalue weighted by Crippen LogP contribution is 2.32. The molecule has 0 bridgehead atoms. The fourth-order valence-corrected chi connectivity index (χ4v) is 3.66. The maximum atomic E-state index is 12.2. The van der Waals surface area contributed by atoms with Gasteiger partial charge in [0.15, 0.2) is 0 Å². The number of pyridine rings is 1. The van der Waals surface area contributed by atoms with E-state index in [0.717, 1.165) is 12.1 Å². The van der Waals surface area contributed by atoms with E-state index >= 15 is 0 Å². The van der Waals surface area contributed by atoms with E-state index in [2.05, 4.69) is 4.90 Å². The number of carboxylic acids is 1. The molecule has 1 aliphatic heterocycles. The van der Waals surface area contributed by atoms with Crippen LogP contribution in [0.5, 0.6) is 0 Å². The van der Waals surface area contributed by atoms with Crippen LogP contribution in [0.15, 0.2) is 54.6 Å². The second-order valence-electron chi connectivity index (χ2n) is 6.68. The van der Waals surface area contributed by atoms with E-state index in [4.69, 9.17) is 4.98 Å². The number of fused-ring (bicyclic) bond motifs is 1. The van der Waals surface area contributed by atoms with Gasteiger partial charge in [0.05, 0.1) is 22.9 Å². The fraction of sp³-hybridized carbons (Fsp3) is 0.238. The van der Waals surface area contributed by atoms with Crippen molar-refractivity contribution < 1.29 is 15.0 Å². The second-order valence-corrected chi connectivity index (χ2v) is 6.68. The molecule has 0 aliphatic carbocycles. The SMILES string of the molecule is O=C(O)c1c(CN2CCC(O)C2)c(-c2ccccc2)nc2ccccc12. The highest BCUT2D eigenvalue weighted by Gasteiger charge is 2.26. The Hall–Kier alpha value is -2.76. The summed E-state index contributed by atoms with van der Waals surface area (Å²) in [7, 11) is 0. The van der Waals surface area contributed by atoms with E-state index < -0.39 is 5.97 Å². The highest BCUT2D eigenvalue weighted by atomic mass is 16.4. The number of carboxylic acid groups (broad SMARTS) is 1. The maximum Gasteiger partial charge on any atom is 0.336 e. The number of carbonyl (C=O) groups is 1. The van der Waals surface area contributed by atoms with Gasteiger partial charge in [0, 0.05) is 36.1 Å². The van der Waals surface area contributed by atoms with Crippen LogP contribution in [-0.4, -0.2) is 45.3 Å². The molecule has 2 heterocycles. The Kier molecular flexibility index (Phi) is 4.41. The van der Waals surface area contributed by atoms with Crippen LogP contribution in [0.2, 0.25) is 0 Å². The lowest BCUT2D eigenvalue weighted by molar-refractivity contribution is 0.0697. The summed E-state index contributed by atoms with van der Waals surface area (Å²) < 4.78 is 0. The Labute approximate surface area is 151 Å². The number of likely N-dealkylation sites (tertiary alicyclic amines) is 1. The third-order valence-corrected chi connectivity index (χ3v) is 4.88. The fourth-order valence-electron chi connectivity index (χ4n) is 3.66. The normalized spacial score (nSPS) is 17.7. The minimum atomic E-state index is -0.949. The Morgan fingerprint density at radius 1 is 1.12 bits per heavy atom. The topological polar surface area (TPSA) is 73.7 Å². The monoisotopic (exact) mass is 348 g/mol. The number of β-amino-alcohol motifs (C(OH)–C–C–N with tert-alkyl or cyclic N) is 1. The summed E-state index contributed by atoms with van der Waals surface area (Å²) in [4.78, 5) is 19.1. The molecule has 3 aromatic rings. The van der Waals surface area contributed by atoms with Gasteiger partial charge in [-0.25, -0.2) is 9.78 Å². The minimum absolute atomic E-state index is 0.302. The zero-order chi connectivity index (χ0) is 18.1. The third-order valence-electron chi connectivity index (χ3n) is 4.88. The van der Waals surface area contributed by atoms with Crippen LogP contribution in [0.3, 0.4) is 0 Å². The molecule has 1 aromatic heterocycles. The van der Waals surface area contributed by atoms with Gasteiger partial charge in [0.25, 0.3) is 0 Å². The molecule has 2 aromatic carbocycles. The zero-order valence-corrected chi connectivity index (χ0v) is 14.3. The molecular weight excluding hydrogens is 328 g/mol. The number of aliphatic hydroxyl groups is 1. The summed E-state index contributed by atoms with van der Waals surface area (Å²) in [6.45, 7) is 1.77. The number of rotatable bonds is 4. The summed E-state index contributed by atoms with van der Waals surface area (Å²) >= 11 is 0. The van der Waals surface area contributed by atoms with E-state index in [-0.39, 0.29) is 6.10 Å². The molecule has 1 aliphatic rings. The zero-order valence-electron chi connectivity index (χ0n) is 14.3. The Balaban J connectivity index is 1.95. The lowest BCUT2D eigenvalue weighted by Crippen LogP contribution is -2.24. The maximum absolute atomic E-state index is 12.2. The molecule has 132 valence electrons.